The minimum Gasteiger partial charge on any atom is -0.504 e. The molecule has 32 heteroatoms. The third kappa shape index (κ3) is 31.6. The first-order chi connectivity index (χ1) is 71.9. The topological polar surface area (TPSA) is 282 Å². The van der Waals surface area contributed by atoms with E-state index in [0.717, 1.165) is 72.8 Å². The van der Waals surface area contributed by atoms with E-state index in [-0.39, 0.29) is 40.2 Å². The van der Waals surface area contributed by atoms with Crippen molar-refractivity contribution < 1.29 is 128 Å². The van der Waals surface area contributed by atoms with Gasteiger partial charge in [-0.05, 0) is 287 Å². The van der Waals surface area contributed by atoms with E-state index < -0.39 is 5.82 Å². The summed E-state index contributed by atoms with van der Waals surface area (Å²) in [6.45, 7) is 0. The number of ether oxygens (including phenoxy) is 21. The molecule has 0 radical (unpaired) electrons. The van der Waals surface area contributed by atoms with Crippen molar-refractivity contribution in [1.82, 2.24) is 0 Å². The number of hydrogen-bond donors (Lipinski definition) is 1. The Morgan fingerprint density at radius 3 is 0.664 bits per heavy atom. The maximum Gasteiger partial charge on any atom is 0.203 e. The number of benzene rings is 12. The van der Waals surface area contributed by atoms with Gasteiger partial charge in [0.15, 0.2) is 104 Å². The number of carbonyl (C=O) groups excluding carboxylic acids is 4. The maximum atomic E-state index is 14.0. The summed E-state index contributed by atoms with van der Waals surface area (Å²) in [5.74, 6) is 8.92. The van der Waals surface area contributed by atoms with Crippen LogP contribution in [0.1, 0.15) is 108 Å². The molecule has 0 fully saturated rings. The first-order valence-electron chi connectivity index (χ1n) is 45.4. The summed E-state index contributed by atoms with van der Waals surface area (Å²) < 4.78 is 126. The number of hydrogen-bond acceptors (Lipinski definition) is 26. The summed E-state index contributed by atoms with van der Waals surface area (Å²) in [7, 11) is 32.4. The maximum absolute atomic E-state index is 14.0. The largest absolute Gasteiger partial charge is 0.504 e. The second kappa shape index (κ2) is 58.5. The molecule has 0 saturated carbocycles. The van der Waals surface area contributed by atoms with E-state index in [4.69, 9.17) is 157 Å². The molecule has 26 nitrogen and oxygen atoms in total. The normalized spacial score (nSPS) is 11.1. The lowest BCUT2D eigenvalue weighted by Gasteiger charge is -2.13. The van der Waals surface area contributed by atoms with E-state index >= 15 is 0 Å². The molecule has 0 aliphatic heterocycles. The van der Waals surface area contributed by atoms with Crippen LogP contribution in [0.4, 0.5) is 4.39 Å². The Kier molecular flexibility index (Phi) is 45.9. The second-order valence-corrected chi connectivity index (χ2v) is 33.5. The first-order valence-corrected chi connectivity index (χ1v) is 47.3. The molecule has 782 valence electrons. The van der Waals surface area contributed by atoms with E-state index in [1.165, 1.54) is 78.1 Å². The van der Waals surface area contributed by atoms with Crippen LogP contribution in [0.3, 0.4) is 0 Å². The minimum absolute atomic E-state index is 0.0808. The number of phenolic OH excluding ortho intramolecular Hbond substituents is 1. The van der Waals surface area contributed by atoms with Crippen molar-refractivity contribution in [3.05, 3.63) is 338 Å². The molecule has 0 saturated heterocycles. The molecule has 0 spiro atoms. The number of ketones is 4. The van der Waals surface area contributed by atoms with Crippen LogP contribution in [0.2, 0.25) is 25.1 Å². The lowest BCUT2D eigenvalue weighted by atomic mass is 10.0. The van der Waals surface area contributed by atoms with Crippen LogP contribution < -0.4 is 99.5 Å². The fourth-order valence-electron chi connectivity index (χ4n) is 15.0. The van der Waals surface area contributed by atoms with E-state index in [1.54, 1.807) is 199 Å². The van der Waals surface area contributed by atoms with Gasteiger partial charge in [0.05, 0.1) is 174 Å². The van der Waals surface area contributed by atoms with Gasteiger partial charge in [-0.15, -0.1) is 0 Å². The number of halogens is 6. The zero-order valence-corrected chi connectivity index (χ0v) is 89.9. The molecule has 0 unspecified atom stereocenters. The van der Waals surface area contributed by atoms with Gasteiger partial charge in [-0.25, -0.2) is 4.39 Å². The lowest BCUT2D eigenvalue weighted by molar-refractivity contribution is 0.103. The van der Waals surface area contributed by atoms with Gasteiger partial charge in [-0.2, -0.15) is 0 Å². The Morgan fingerprint density at radius 1 is 0.221 bits per heavy atom. The summed E-state index contributed by atoms with van der Waals surface area (Å²) in [4.78, 5) is 50.6. The molecule has 0 atom stereocenters. The molecule has 12 aromatic carbocycles. The Balaban J connectivity index is 0.000000221. The SMILES string of the molecule is COc1cc(C/C=C\C(=O)c2ccc(OC)c(OC)c2)c(/C=C\c2cc(OC)c(OC)c(OC)c2)cc1Cl.COc1ccc(C(=O)/C=C\Cc2cc(OC)c(Cl)cc2/C=C\c2cc(OC)c(OC)c(OC)c2)cc1Cl.COc1ccc(C(=O)/C=C\Cc2cc(OC)c(Cl)cc2/C=C\c2cc(OC)c(OC)c(OC)c2)cc1F.COc1ccc(C(=O)/C=C\Cc2cc(OC)c(Cl)cc2/C=C\c2cc(OC)c(OC)c(OC)c2)cc1O. The quantitative estimate of drug-likeness (QED) is 0.0211. The van der Waals surface area contributed by atoms with Crippen molar-refractivity contribution in [1.29, 1.82) is 0 Å². The highest BCUT2D eigenvalue weighted by Crippen LogP contribution is 2.45. The predicted molar refractivity (Wildman–Crippen MR) is 586 cm³/mol. The van der Waals surface area contributed by atoms with Gasteiger partial charge in [0.1, 0.15) is 28.7 Å². The van der Waals surface area contributed by atoms with Gasteiger partial charge in [-0.1, -0.05) is 131 Å². The Bertz CT molecular complexity index is 6390. The Labute approximate surface area is 891 Å². The van der Waals surface area contributed by atoms with Gasteiger partial charge >= 0.3 is 0 Å². The van der Waals surface area contributed by atoms with Crippen LogP contribution >= 0.6 is 58.0 Å². The van der Waals surface area contributed by atoms with Crippen LogP contribution in [0.25, 0.3) is 48.6 Å². The first kappa shape index (κ1) is 117. The third-order valence-electron chi connectivity index (χ3n) is 22.7. The van der Waals surface area contributed by atoms with Gasteiger partial charge < -0.3 is 105 Å². The smallest absolute Gasteiger partial charge is 0.203 e. The number of carbonyl (C=O) groups is 4. The van der Waals surface area contributed by atoms with Crippen molar-refractivity contribution in [2.24, 2.45) is 0 Å². The second-order valence-electron chi connectivity index (χ2n) is 31.4. The minimum atomic E-state index is -0.594. The highest BCUT2D eigenvalue weighted by Gasteiger charge is 2.22. The van der Waals surface area contributed by atoms with Crippen LogP contribution in [-0.2, 0) is 25.7 Å². The number of phenols is 1. The number of rotatable bonds is 45. The molecule has 0 aliphatic rings. The number of methoxy groups -OCH3 is 21. The zero-order valence-electron chi connectivity index (χ0n) is 86.2. The molecular weight excluding hydrogens is 2020 g/mol. The van der Waals surface area contributed by atoms with Crippen LogP contribution in [0.15, 0.2) is 218 Å². The van der Waals surface area contributed by atoms with E-state index in [0.29, 0.717) is 182 Å². The molecule has 12 rings (SSSR count). The number of aromatic hydroxyl groups is 1. The Morgan fingerprint density at radius 2 is 0.436 bits per heavy atom. The average molecular weight is 2130 g/mol. The van der Waals surface area contributed by atoms with E-state index in [9.17, 15) is 28.7 Å². The van der Waals surface area contributed by atoms with E-state index in [1.807, 2.05) is 134 Å². The molecule has 149 heavy (non-hydrogen) atoms. The van der Waals surface area contributed by atoms with Crippen molar-refractivity contribution in [3.8, 4) is 126 Å². The summed E-state index contributed by atoms with van der Waals surface area (Å²) >= 11 is 31.8. The molecule has 0 aliphatic carbocycles. The van der Waals surface area contributed by atoms with Crippen molar-refractivity contribution in [3.63, 3.8) is 0 Å². The highest BCUT2D eigenvalue weighted by atomic mass is 35.5. The summed E-state index contributed by atoms with van der Waals surface area (Å²) in [5, 5.41) is 12.2. The summed E-state index contributed by atoms with van der Waals surface area (Å²) in [6.07, 6.45) is 30.1. The average Bonchev–Trinajstić information content (AvgIpc) is 0.820. The highest BCUT2D eigenvalue weighted by molar-refractivity contribution is 6.34. The number of allylic oxidation sites excluding steroid dienone is 8. The van der Waals surface area contributed by atoms with Crippen LogP contribution in [0, 0.1) is 5.82 Å². The fraction of sp³-hybridized carbons (Fsp3) is 0.214. The van der Waals surface area contributed by atoms with Crippen molar-refractivity contribution in [2.75, 3.05) is 149 Å². The molecule has 0 amide bonds. The van der Waals surface area contributed by atoms with Crippen molar-refractivity contribution in [2.45, 2.75) is 25.7 Å². The third-order valence-corrected chi connectivity index (χ3v) is 24.1. The van der Waals surface area contributed by atoms with E-state index in [2.05, 4.69) is 0 Å². The van der Waals surface area contributed by atoms with Gasteiger partial charge in [0, 0.05) is 22.3 Å². The van der Waals surface area contributed by atoms with Gasteiger partial charge in [-0.3, -0.25) is 19.2 Å². The molecule has 0 bridgehead atoms. The standard InChI is InChI=1S/C30H31ClO7.C29H28Cl2O6.C29H28ClFO6.C29H29ClO7/c1-33-25-13-12-22(18-27(25)35-3)24(32)9-7-8-20-17-26(34-2)23(31)16-21(20)11-10-19-14-28(36-4)30(38-6)29(15-19)37-5;1-33-25-12-11-21(16-22(25)30)24(32)8-6-7-19-17-26(34-2)23(31)15-20(19)10-9-18-13-27(35-3)29(37-5)28(14-18)36-4;1-33-25-12-11-21(16-23(25)31)24(32)8-6-7-19-17-26(34-2)22(30)15-20(19)10-9-18-13-27(35-3)29(37-5)28(14-18)36-4;1-33-25-12-11-21(16-24(25)32)23(31)8-6-7-19-17-26(34-2)22(30)15-20(19)10-9-18-13-27(35-3)29(37-5)28(14-18)36-4/h7,9-18H,8H2,1-6H3;2*6,8-17H,7H2,1-5H3;6,8-17,32H,7H2,1-5H3/b9-7-,11-10-;3*8-6-,10-9-. The molecule has 0 aromatic heterocycles. The van der Waals surface area contributed by atoms with Gasteiger partial charge in [0.2, 0.25) is 23.0 Å². The molecule has 1 N–H and O–H groups in total. The van der Waals surface area contributed by atoms with Crippen LogP contribution in [-0.4, -0.2) is 178 Å². The predicted octanol–water partition coefficient (Wildman–Crippen LogP) is 26.6. The Hall–Kier alpha value is -15.8. The summed E-state index contributed by atoms with van der Waals surface area (Å²) in [6, 6.07) is 48.0. The van der Waals surface area contributed by atoms with Crippen molar-refractivity contribution >= 4 is 130 Å². The van der Waals surface area contributed by atoms with Gasteiger partial charge in [0.25, 0.3) is 0 Å². The summed E-state index contributed by atoms with van der Waals surface area (Å²) in [5.41, 5.74) is 11.9. The molecular formula is C117H116Cl5FO26. The molecule has 12 aromatic rings. The monoisotopic (exact) mass is 2130 g/mol. The fourth-order valence-corrected chi connectivity index (χ4v) is 16.2. The zero-order chi connectivity index (χ0) is 109. The molecule has 0 heterocycles. The lowest BCUT2D eigenvalue weighted by Crippen LogP contribution is -1.98. The van der Waals surface area contributed by atoms with Crippen LogP contribution in [0.5, 0.6) is 126 Å².